The predicted molar refractivity (Wildman–Crippen MR) is 137 cm³/mol. The molecule has 1 aromatic heterocycles. The van der Waals surface area contributed by atoms with Crippen LogP contribution in [0, 0.1) is 0 Å². The summed E-state index contributed by atoms with van der Waals surface area (Å²) in [4.78, 5) is 25.9. The minimum Gasteiger partial charge on any atom is -0.465 e. The third kappa shape index (κ3) is 4.86. The lowest BCUT2D eigenvalue weighted by Crippen LogP contribution is -2.15. The lowest BCUT2D eigenvalue weighted by molar-refractivity contribution is 0.0549. The van der Waals surface area contributed by atoms with Crippen molar-refractivity contribution in [3.05, 3.63) is 95.7 Å². The fourth-order valence-corrected chi connectivity index (χ4v) is 3.85. The molecule has 0 fully saturated rings. The lowest BCUT2D eigenvalue weighted by Gasteiger charge is -2.20. The Kier molecular flexibility index (Phi) is 6.92. The molecule has 3 aromatic carbocycles. The van der Waals surface area contributed by atoms with Gasteiger partial charge < -0.3 is 14.2 Å². The molecule has 7 nitrogen and oxygen atoms in total. The Morgan fingerprint density at radius 3 is 2.14 bits per heavy atom. The normalized spacial score (nSPS) is 11.1. The average Bonchev–Trinajstić information content (AvgIpc) is 3.29. The first-order valence-corrected chi connectivity index (χ1v) is 11.5. The van der Waals surface area contributed by atoms with Gasteiger partial charge in [-0.3, -0.25) is 0 Å². The summed E-state index contributed by atoms with van der Waals surface area (Å²) in [5.74, 6) is -0.306. The number of carbonyl (C=O) groups excluding carboxylic acids is 2. The van der Waals surface area contributed by atoms with E-state index in [0.717, 1.165) is 5.56 Å². The molecule has 0 saturated carbocycles. The summed E-state index contributed by atoms with van der Waals surface area (Å²) in [6, 6.07) is 24.1. The summed E-state index contributed by atoms with van der Waals surface area (Å²) < 4.78 is 17.8. The van der Waals surface area contributed by atoms with E-state index in [4.69, 9.17) is 14.2 Å². The molecule has 4 aromatic rings. The number of nitrogens with zero attached hydrogens (tertiary/aromatic N) is 2. The van der Waals surface area contributed by atoms with Gasteiger partial charge in [0.1, 0.15) is 22.8 Å². The number of benzene rings is 3. The Balaban J connectivity index is 1.92. The van der Waals surface area contributed by atoms with Crippen LogP contribution in [-0.4, -0.2) is 35.9 Å². The molecule has 0 saturated heterocycles. The molecule has 7 heteroatoms. The summed E-state index contributed by atoms with van der Waals surface area (Å²) in [5, 5.41) is 4.68. The third-order valence-corrected chi connectivity index (χ3v) is 5.72. The number of hydrogen-bond donors (Lipinski definition) is 0. The molecule has 0 atom stereocenters. The molecule has 0 radical (unpaired) electrons. The van der Waals surface area contributed by atoms with Gasteiger partial charge in [-0.25, -0.2) is 14.3 Å². The number of hydrogen-bond acceptors (Lipinski definition) is 6. The van der Waals surface area contributed by atoms with E-state index in [2.05, 4.69) is 31.9 Å². The van der Waals surface area contributed by atoms with Crippen LogP contribution in [-0.2, 0) is 14.9 Å². The highest BCUT2D eigenvalue weighted by molar-refractivity contribution is 6.07. The molecule has 0 spiro atoms. The van der Waals surface area contributed by atoms with Gasteiger partial charge >= 0.3 is 11.9 Å². The van der Waals surface area contributed by atoms with Gasteiger partial charge in [0.15, 0.2) is 5.69 Å². The minimum absolute atomic E-state index is 0.00676. The van der Waals surface area contributed by atoms with Gasteiger partial charge in [-0.15, -0.1) is 0 Å². The molecule has 0 aliphatic carbocycles. The van der Waals surface area contributed by atoms with E-state index in [-0.39, 0.29) is 22.4 Å². The topological polar surface area (TPSA) is 79.7 Å². The average molecular weight is 485 g/mol. The lowest BCUT2D eigenvalue weighted by atomic mass is 9.87. The molecule has 0 N–H and O–H groups in total. The van der Waals surface area contributed by atoms with Crippen LogP contribution in [0.25, 0.3) is 16.9 Å². The van der Waals surface area contributed by atoms with Crippen molar-refractivity contribution >= 4 is 11.9 Å². The molecular weight excluding hydrogens is 456 g/mol. The van der Waals surface area contributed by atoms with Crippen LogP contribution in [0.2, 0.25) is 0 Å². The number of aromatic nitrogens is 2. The van der Waals surface area contributed by atoms with Gasteiger partial charge in [0.2, 0.25) is 0 Å². The zero-order valence-electron chi connectivity index (χ0n) is 20.9. The highest BCUT2D eigenvalue weighted by Gasteiger charge is 2.32. The van der Waals surface area contributed by atoms with Gasteiger partial charge in [-0.2, -0.15) is 5.10 Å². The molecule has 0 aliphatic rings. The maximum atomic E-state index is 13.0. The Morgan fingerprint density at radius 2 is 1.47 bits per heavy atom. The fraction of sp³-hybridized carbons (Fsp3) is 0.207. The number of rotatable bonds is 6. The van der Waals surface area contributed by atoms with Crippen LogP contribution in [0.5, 0.6) is 11.5 Å². The number of methoxy groups -OCH3 is 2. The van der Waals surface area contributed by atoms with Crippen molar-refractivity contribution in [1.29, 1.82) is 0 Å². The summed E-state index contributed by atoms with van der Waals surface area (Å²) in [6.45, 7) is 6.40. The molecule has 0 bridgehead atoms. The summed E-state index contributed by atoms with van der Waals surface area (Å²) >= 11 is 0. The molecule has 4 rings (SSSR count). The quantitative estimate of drug-likeness (QED) is 0.303. The molecule has 1 heterocycles. The third-order valence-electron chi connectivity index (χ3n) is 5.72. The van der Waals surface area contributed by atoms with E-state index < -0.39 is 11.9 Å². The van der Waals surface area contributed by atoms with Gasteiger partial charge in [0, 0.05) is 5.56 Å². The number of esters is 2. The second-order valence-electron chi connectivity index (χ2n) is 9.18. The van der Waals surface area contributed by atoms with Crippen molar-refractivity contribution in [3.8, 4) is 28.4 Å². The van der Waals surface area contributed by atoms with Crippen LogP contribution in [0.4, 0.5) is 0 Å². The Hall–Kier alpha value is -4.39. The Labute approximate surface area is 210 Å². The summed E-state index contributed by atoms with van der Waals surface area (Å²) in [7, 11) is 2.51. The van der Waals surface area contributed by atoms with Crippen molar-refractivity contribution in [1.82, 2.24) is 9.78 Å². The number of para-hydroxylation sites is 2. The molecule has 0 unspecified atom stereocenters. The Bertz CT molecular complexity index is 1400. The van der Waals surface area contributed by atoms with Crippen molar-refractivity contribution in [2.24, 2.45) is 0 Å². The monoisotopic (exact) mass is 484 g/mol. The molecular formula is C29H28N2O5. The van der Waals surface area contributed by atoms with E-state index in [1.165, 1.54) is 18.9 Å². The van der Waals surface area contributed by atoms with Crippen molar-refractivity contribution < 1.29 is 23.8 Å². The van der Waals surface area contributed by atoms with Crippen molar-refractivity contribution in [2.45, 2.75) is 26.2 Å². The predicted octanol–water partition coefficient (Wildman–Crippen LogP) is 6.20. The molecule has 0 aliphatic heterocycles. The van der Waals surface area contributed by atoms with Crippen molar-refractivity contribution in [2.75, 3.05) is 14.2 Å². The molecule has 184 valence electrons. The van der Waals surface area contributed by atoms with Gasteiger partial charge in [-0.1, -0.05) is 63.2 Å². The van der Waals surface area contributed by atoms with Gasteiger partial charge in [0.05, 0.1) is 19.9 Å². The highest BCUT2D eigenvalue weighted by Crippen LogP contribution is 2.37. The van der Waals surface area contributed by atoms with E-state index >= 15 is 0 Å². The highest BCUT2D eigenvalue weighted by atomic mass is 16.5. The van der Waals surface area contributed by atoms with Crippen LogP contribution in [0.3, 0.4) is 0 Å². The van der Waals surface area contributed by atoms with Gasteiger partial charge in [0.25, 0.3) is 0 Å². The summed E-state index contributed by atoms with van der Waals surface area (Å²) in [5.41, 5.74) is 2.39. The molecule has 36 heavy (non-hydrogen) atoms. The smallest absolute Gasteiger partial charge is 0.357 e. The van der Waals surface area contributed by atoms with E-state index in [9.17, 15) is 9.59 Å². The van der Waals surface area contributed by atoms with Crippen molar-refractivity contribution in [3.63, 3.8) is 0 Å². The SMILES string of the molecule is COC(=O)c1c(-c2ccccc2Oc2cccc(C(C)(C)C)c2)nn(-c2ccccc2)c1C(=O)OC. The first kappa shape index (κ1) is 24.7. The minimum atomic E-state index is -0.714. The van der Waals surface area contributed by atoms with E-state index in [0.29, 0.717) is 22.7 Å². The van der Waals surface area contributed by atoms with Gasteiger partial charge in [-0.05, 0) is 47.4 Å². The number of carbonyl (C=O) groups is 2. The second kappa shape index (κ2) is 10.1. The fourth-order valence-electron chi connectivity index (χ4n) is 3.85. The zero-order chi connectivity index (χ0) is 25.9. The first-order valence-electron chi connectivity index (χ1n) is 11.5. The summed E-state index contributed by atoms with van der Waals surface area (Å²) in [6.07, 6.45) is 0. The number of ether oxygens (including phenoxy) is 3. The van der Waals surface area contributed by atoms with E-state index in [1.54, 1.807) is 24.3 Å². The standard InChI is InChI=1S/C29H28N2O5/c1-29(2,3)19-12-11-15-21(18-19)36-23-17-10-9-16-22(23)25-24(27(32)34-4)26(28(33)35-5)31(30-25)20-13-7-6-8-14-20/h6-18H,1-5H3. The second-order valence-corrected chi connectivity index (χ2v) is 9.18. The maximum absolute atomic E-state index is 13.0. The van der Waals surface area contributed by atoms with Crippen LogP contribution >= 0.6 is 0 Å². The maximum Gasteiger partial charge on any atom is 0.357 e. The first-order chi connectivity index (χ1) is 17.2. The van der Waals surface area contributed by atoms with E-state index in [1.807, 2.05) is 48.5 Å². The van der Waals surface area contributed by atoms with Crippen LogP contribution in [0.15, 0.2) is 78.9 Å². The van der Waals surface area contributed by atoms with Crippen LogP contribution < -0.4 is 4.74 Å². The zero-order valence-corrected chi connectivity index (χ0v) is 20.9. The largest absolute Gasteiger partial charge is 0.465 e. The molecule has 0 amide bonds. The Morgan fingerprint density at radius 1 is 0.806 bits per heavy atom. The van der Waals surface area contributed by atoms with Crippen LogP contribution in [0.1, 0.15) is 47.2 Å².